The van der Waals surface area contributed by atoms with E-state index in [9.17, 15) is 0 Å². The van der Waals surface area contributed by atoms with Crippen LogP contribution in [0.2, 0.25) is 0 Å². The number of hydrogen-bond donors (Lipinski definition) is 0. The maximum atomic E-state index is 5.38. The van der Waals surface area contributed by atoms with Gasteiger partial charge in [0.1, 0.15) is 0 Å². The van der Waals surface area contributed by atoms with Crippen LogP contribution in [0.25, 0.3) is 0 Å². The summed E-state index contributed by atoms with van der Waals surface area (Å²) in [6.07, 6.45) is 2.72. The Morgan fingerprint density at radius 3 is 3.00 bits per heavy atom. The zero-order valence-electron chi connectivity index (χ0n) is 7.97. The quantitative estimate of drug-likeness (QED) is 0.548. The largest absolute Gasteiger partial charge is 0.380 e. The highest BCUT2D eigenvalue weighted by atomic mass is 16.5. The number of hydrogen-bond acceptors (Lipinski definition) is 2. The summed E-state index contributed by atoms with van der Waals surface area (Å²) in [7, 11) is 1.80. The van der Waals surface area contributed by atoms with Crippen LogP contribution in [0.4, 0.5) is 0 Å². The highest BCUT2D eigenvalue weighted by Crippen LogP contribution is 2.42. The van der Waals surface area contributed by atoms with Gasteiger partial charge in [-0.3, -0.25) is 4.90 Å². The van der Waals surface area contributed by atoms with E-state index in [1.54, 1.807) is 7.11 Å². The molecule has 0 unspecified atom stereocenters. The molecule has 0 saturated carbocycles. The summed E-state index contributed by atoms with van der Waals surface area (Å²) in [6.45, 7) is 8.70. The lowest BCUT2D eigenvalue weighted by Gasteiger charge is -2.27. The third-order valence-corrected chi connectivity index (χ3v) is 3.53. The van der Waals surface area contributed by atoms with Crippen molar-refractivity contribution in [3.05, 3.63) is 12.2 Å². The predicted molar refractivity (Wildman–Crippen MR) is 49.1 cm³/mol. The van der Waals surface area contributed by atoms with Gasteiger partial charge < -0.3 is 4.74 Å². The summed E-state index contributed by atoms with van der Waals surface area (Å²) in [4.78, 5) is 2.50. The molecule has 12 heavy (non-hydrogen) atoms. The molecule has 0 radical (unpaired) electrons. The van der Waals surface area contributed by atoms with Crippen molar-refractivity contribution in [2.75, 3.05) is 20.2 Å². The highest BCUT2D eigenvalue weighted by molar-refractivity contribution is 5.24. The van der Waals surface area contributed by atoms with Crippen LogP contribution in [0.5, 0.6) is 0 Å². The lowest BCUT2D eigenvalue weighted by atomic mass is 9.91. The van der Waals surface area contributed by atoms with E-state index in [1.165, 1.54) is 18.5 Å². The molecule has 0 aliphatic carbocycles. The van der Waals surface area contributed by atoms with E-state index in [4.69, 9.17) is 4.74 Å². The van der Waals surface area contributed by atoms with Crippen LogP contribution in [-0.2, 0) is 4.74 Å². The molecule has 2 aliphatic rings. The Kier molecular flexibility index (Phi) is 1.77. The molecule has 2 nitrogen and oxygen atoms in total. The zero-order chi connectivity index (χ0) is 8.77. The fraction of sp³-hybridized carbons (Fsp3) is 0.800. The minimum absolute atomic E-state index is 0.251. The summed E-state index contributed by atoms with van der Waals surface area (Å²) < 4.78 is 5.38. The number of ether oxygens (including phenoxy) is 1. The maximum Gasteiger partial charge on any atom is 0.0719 e. The first kappa shape index (κ1) is 8.27. The fourth-order valence-electron chi connectivity index (χ4n) is 2.49. The van der Waals surface area contributed by atoms with Crippen LogP contribution in [0.15, 0.2) is 12.2 Å². The summed E-state index contributed by atoms with van der Waals surface area (Å²) in [5, 5.41) is 0. The molecular weight excluding hydrogens is 150 g/mol. The van der Waals surface area contributed by atoms with Crippen molar-refractivity contribution in [3.8, 4) is 0 Å². The van der Waals surface area contributed by atoms with E-state index in [2.05, 4.69) is 18.4 Å². The standard InChI is InChI=1S/C10H17NO/c1-8-4-5-11-7-9(12-3)6-10(8,11)2/h9H,1,4-7H2,2-3H3/t9-,10-/m0/s1. The number of rotatable bonds is 1. The van der Waals surface area contributed by atoms with Gasteiger partial charge in [0.05, 0.1) is 6.10 Å². The zero-order valence-corrected chi connectivity index (χ0v) is 7.97. The molecule has 0 amide bonds. The molecule has 0 aromatic heterocycles. The molecule has 68 valence electrons. The van der Waals surface area contributed by atoms with Gasteiger partial charge in [-0.05, 0) is 19.8 Å². The van der Waals surface area contributed by atoms with Gasteiger partial charge in [0.2, 0.25) is 0 Å². The lowest BCUT2D eigenvalue weighted by Crippen LogP contribution is -2.35. The Labute approximate surface area is 74.2 Å². The van der Waals surface area contributed by atoms with E-state index >= 15 is 0 Å². The minimum Gasteiger partial charge on any atom is -0.380 e. The molecule has 2 heterocycles. The van der Waals surface area contributed by atoms with E-state index in [-0.39, 0.29) is 5.54 Å². The van der Waals surface area contributed by atoms with Crippen molar-refractivity contribution in [1.29, 1.82) is 0 Å². The molecule has 2 heteroatoms. The lowest BCUT2D eigenvalue weighted by molar-refractivity contribution is 0.108. The van der Waals surface area contributed by atoms with Gasteiger partial charge in [-0.2, -0.15) is 0 Å². The molecule has 2 aliphatic heterocycles. The van der Waals surface area contributed by atoms with Gasteiger partial charge in [-0.1, -0.05) is 12.2 Å². The third kappa shape index (κ3) is 0.947. The van der Waals surface area contributed by atoms with Crippen LogP contribution >= 0.6 is 0 Å². The maximum absolute atomic E-state index is 5.38. The molecular formula is C10H17NO. The average Bonchev–Trinajstić information content (AvgIpc) is 2.50. The normalized spacial score (nSPS) is 42.2. The van der Waals surface area contributed by atoms with E-state index in [1.807, 2.05) is 0 Å². The van der Waals surface area contributed by atoms with Crippen LogP contribution in [-0.4, -0.2) is 36.7 Å². The summed E-state index contributed by atoms with van der Waals surface area (Å²) in [5.74, 6) is 0. The Bertz CT molecular complexity index is 214. The van der Waals surface area contributed by atoms with Gasteiger partial charge >= 0.3 is 0 Å². The molecule has 2 atom stereocenters. The fourth-order valence-corrected chi connectivity index (χ4v) is 2.49. The molecule has 2 rings (SSSR count). The first-order valence-corrected chi connectivity index (χ1v) is 4.63. The van der Waals surface area contributed by atoms with E-state index in [0.29, 0.717) is 6.10 Å². The Morgan fingerprint density at radius 2 is 2.42 bits per heavy atom. The van der Waals surface area contributed by atoms with E-state index in [0.717, 1.165) is 13.0 Å². The Morgan fingerprint density at radius 1 is 1.67 bits per heavy atom. The van der Waals surface area contributed by atoms with Crippen LogP contribution in [0, 0.1) is 0 Å². The average molecular weight is 167 g/mol. The molecule has 0 aromatic carbocycles. The first-order valence-electron chi connectivity index (χ1n) is 4.63. The molecule has 0 N–H and O–H groups in total. The van der Waals surface area contributed by atoms with Crippen molar-refractivity contribution in [2.45, 2.75) is 31.4 Å². The van der Waals surface area contributed by atoms with Crippen molar-refractivity contribution in [1.82, 2.24) is 4.90 Å². The predicted octanol–water partition coefficient (Wildman–Crippen LogP) is 1.43. The minimum atomic E-state index is 0.251. The van der Waals surface area contributed by atoms with Crippen molar-refractivity contribution < 1.29 is 4.74 Å². The van der Waals surface area contributed by atoms with Crippen LogP contribution in [0.3, 0.4) is 0 Å². The second-order valence-electron chi connectivity index (χ2n) is 4.14. The second kappa shape index (κ2) is 2.57. The van der Waals surface area contributed by atoms with Crippen molar-refractivity contribution >= 4 is 0 Å². The van der Waals surface area contributed by atoms with Gasteiger partial charge in [-0.15, -0.1) is 0 Å². The molecule has 0 spiro atoms. The SMILES string of the molecule is C=C1CCN2C[C@@H](OC)C[C@@]12C. The smallest absolute Gasteiger partial charge is 0.0719 e. The van der Waals surface area contributed by atoms with Crippen LogP contribution in [0.1, 0.15) is 19.8 Å². The van der Waals surface area contributed by atoms with Gasteiger partial charge in [0.25, 0.3) is 0 Å². The summed E-state index contributed by atoms with van der Waals surface area (Å²) >= 11 is 0. The van der Waals surface area contributed by atoms with Gasteiger partial charge in [0, 0.05) is 25.7 Å². The number of methoxy groups -OCH3 is 1. The molecule has 0 bridgehead atoms. The van der Waals surface area contributed by atoms with Gasteiger partial charge in [-0.25, -0.2) is 0 Å². The first-order chi connectivity index (χ1) is 5.66. The molecule has 0 aromatic rings. The summed E-state index contributed by atoms with van der Waals surface area (Å²) in [6, 6.07) is 0. The topological polar surface area (TPSA) is 12.5 Å². The van der Waals surface area contributed by atoms with Crippen molar-refractivity contribution in [3.63, 3.8) is 0 Å². The van der Waals surface area contributed by atoms with E-state index < -0.39 is 0 Å². The van der Waals surface area contributed by atoms with Crippen LogP contribution < -0.4 is 0 Å². The number of nitrogens with zero attached hydrogens (tertiary/aromatic N) is 1. The van der Waals surface area contributed by atoms with Gasteiger partial charge in [0.15, 0.2) is 0 Å². The monoisotopic (exact) mass is 167 g/mol. The summed E-state index contributed by atoms with van der Waals surface area (Å²) in [5.41, 5.74) is 1.64. The molecule has 2 fully saturated rings. The Balaban J connectivity index is 2.18. The number of fused-ring (bicyclic) bond motifs is 1. The second-order valence-corrected chi connectivity index (χ2v) is 4.14. The third-order valence-electron chi connectivity index (χ3n) is 3.53. The molecule has 2 saturated heterocycles. The Hall–Kier alpha value is -0.340. The van der Waals surface area contributed by atoms with Crippen molar-refractivity contribution in [2.24, 2.45) is 0 Å². The highest BCUT2D eigenvalue weighted by Gasteiger charge is 2.47.